The number of benzene rings is 9. The molecule has 0 unspecified atom stereocenters. The molecule has 0 spiro atoms. The van der Waals surface area contributed by atoms with E-state index in [2.05, 4.69) is 0 Å². The molecule has 0 bridgehead atoms. The van der Waals surface area contributed by atoms with Gasteiger partial charge >= 0.3 is 53.7 Å². The summed E-state index contributed by atoms with van der Waals surface area (Å²) in [7, 11) is 0. The maximum atomic E-state index is 15.3. The summed E-state index contributed by atoms with van der Waals surface area (Å²) in [6.45, 7) is -3.08. The molecule has 123 heavy (non-hydrogen) atoms. The summed E-state index contributed by atoms with van der Waals surface area (Å²) in [5.74, 6) is -59.7. The molecule has 0 amide bonds. The van der Waals surface area contributed by atoms with Crippen molar-refractivity contribution in [2.45, 2.75) is 61.4 Å². The van der Waals surface area contributed by atoms with Gasteiger partial charge in [0.2, 0.25) is 58.4 Å². The number of fused-ring (bicyclic) bond motifs is 13. The smallest absolute Gasteiger partial charge is 0.342 e. The molecule has 0 aromatic heterocycles. The second-order valence-corrected chi connectivity index (χ2v) is 26.8. The highest BCUT2D eigenvalue weighted by Crippen LogP contribution is 2.59. The fraction of sp³-hybridized carbons (Fsp3) is 0.160. The van der Waals surface area contributed by atoms with Crippen LogP contribution < -0.4 is 4.74 Å². The van der Waals surface area contributed by atoms with E-state index < -0.39 is 373 Å². The maximum Gasteiger partial charge on any atom is 0.342 e. The molecule has 14 rings (SSSR count). The van der Waals surface area contributed by atoms with Gasteiger partial charge < -0.3 is 195 Å². The Balaban J connectivity index is 0.884. The first-order valence-electron chi connectivity index (χ1n) is 34.2. The fourth-order valence-electron chi connectivity index (χ4n) is 13.6. The predicted octanol–water partition coefficient (Wildman–Crippen LogP) is 2.73. The average molecular weight is 1720 g/mol. The second-order valence-electron chi connectivity index (χ2n) is 26.8. The molecule has 2 fully saturated rings. The Morgan fingerprint density at radius 3 is 1.07 bits per heavy atom. The SMILES string of the molecule is O=C(OC[C@H]1O[C@H](O)[C@@H]2OC(=O)c3cc(O)c(O)c(O)c3-c3c(cc(O)c(O)c3O)C(=O)O[C@H]2[C@@H]1OC(=O)c1cc(O)c(O)c(O)c1Oc1cc2c(c(O)c1O)-c1c(cc(O)c(O)c1O)C(=O)O[C@@H]1[C@@H]3OC(=O)c4cc(O)c(O)c(O)c4-c4c(cc(O)c(O)c4O)C(=O)O[C@@H]3[C@@H](OC(=O)c3cc(O)c(O)c(O)c3)O[C@@H]1COC2=O)c1cc(O)c(O)c(O)c1. The molecule has 9 aromatic carbocycles. The van der Waals surface area contributed by atoms with Gasteiger partial charge in [0.05, 0.1) is 44.5 Å². The first-order chi connectivity index (χ1) is 57.9. The number of hydrogen-bond acceptors (Lipinski definition) is 48. The highest BCUT2D eigenvalue weighted by atomic mass is 16.8. The lowest BCUT2D eigenvalue weighted by atomic mass is 9.91. The van der Waals surface area contributed by atoms with Crippen molar-refractivity contribution in [2.24, 2.45) is 0 Å². The standard InChI is InChI=1S/C75H52O48/c76-23-1-14(2-24(77)42(23)86)65(102)112-12-34-59(61-63(74(111)115-34)121-71(108)19-8-30(83)46(90)53(97)38(19)36-17(69(106)119-61)6-28(81)44(88)51(36)95)118-73(110)22-10-32(85)49(93)57(101)58(22)114-33-11-21-41(56(100)50(33)94)40-16(5-27(80)48(92)55(40)99)68(105)117-60-35(13-113-67(21)104)116-75(123-66(103)15-3-25(78)43(87)26(79)4-15)64-62(60)120-70(107)18-7-29(82)45(89)52(96)37(18)39-20(72(109)122-64)9-31(84)47(91)54(39)98/h1-11,34-35,59-64,74-101,111H,12-13H2/t34-,35-,59-,60+,61+,62+,63-,64+,74+,75-/m1/s1. The van der Waals surface area contributed by atoms with Gasteiger partial charge in [0.25, 0.3) is 0 Å². The van der Waals surface area contributed by atoms with Crippen LogP contribution in [0.5, 0.6) is 161 Å². The Kier molecular flexibility index (Phi) is 20.1. The van der Waals surface area contributed by atoms with Gasteiger partial charge in [0, 0.05) is 45.5 Å². The van der Waals surface area contributed by atoms with Crippen molar-refractivity contribution >= 4 is 53.7 Å². The molecule has 0 aliphatic carbocycles. The Hall–Kier alpha value is -17.3. The van der Waals surface area contributed by atoms with Crippen molar-refractivity contribution in [2.75, 3.05) is 13.2 Å². The minimum absolute atomic E-state index is 0.134. The van der Waals surface area contributed by atoms with Crippen LogP contribution in [-0.2, 0) is 52.1 Å². The van der Waals surface area contributed by atoms with Gasteiger partial charge in [0.15, 0.2) is 152 Å². The number of aliphatic hydroxyl groups excluding tert-OH is 1. The second kappa shape index (κ2) is 30.0. The van der Waals surface area contributed by atoms with Gasteiger partial charge in [-0.25, -0.2) is 43.2 Å². The largest absolute Gasteiger partial charge is 0.504 e. The van der Waals surface area contributed by atoms with Crippen LogP contribution in [0.1, 0.15) is 93.2 Å². The number of ether oxygens (including phenoxy) is 12. The quantitative estimate of drug-likeness (QED) is 0.0561. The van der Waals surface area contributed by atoms with Gasteiger partial charge in [-0.05, 0) is 54.6 Å². The zero-order valence-corrected chi connectivity index (χ0v) is 60.2. The van der Waals surface area contributed by atoms with E-state index in [-0.39, 0.29) is 18.2 Å². The van der Waals surface area contributed by atoms with Crippen molar-refractivity contribution in [3.63, 3.8) is 0 Å². The van der Waals surface area contributed by atoms with Crippen molar-refractivity contribution < 1.29 is 238 Å². The molecule has 640 valence electrons. The zero-order valence-electron chi connectivity index (χ0n) is 60.2. The number of rotatable bonds is 9. The molecule has 48 heteroatoms. The molecular weight excluding hydrogens is 1670 g/mol. The molecule has 10 atom stereocenters. The number of hydrogen-bond donors (Lipinski definition) is 27. The van der Waals surface area contributed by atoms with Crippen LogP contribution in [0, 0.1) is 0 Å². The van der Waals surface area contributed by atoms with E-state index in [0.717, 1.165) is 0 Å². The van der Waals surface area contributed by atoms with Crippen molar-refractivity contribution in [1.29, 1.82) is 0 Å². The number of cyclic esters (lactones) is 1. The van der Waals surface area contributed by atoms with Crippen LogP contribution >= 0.6 is 0 Å². The lowest BCUT2D eigenvalue weighted by Gasteiger charge is -2.44. The van der Waals surface area contributed by atoms with Crippen LogP contribution in [0.15, 0.2) is 66.7 Å². The maximum absolute atomic E-state index is 15.3. The monoisotopic (exact) mass is 1720 g/mol. The fourth-order valence-corrected chi connectivity index (χ4v) is 13.6. The number of aromatic hydroxyl groups is 26. The van der Waals surface area contributed by atoms with Crippen LogP contribution in [0.25, 0.3) is 33.4 Å². The van der Waals surface area contributed by atoms with E-state index in [4.69, 9.17) is 56.8 Å². The number of esters is 9. The summed E-state index contributed by atoms with van der Waals surface area (Å²) in [5, 5.41) is 297. The van der Waals surface area contributed by atoms with Crippen molar-refractivity contribution in [1.82, 2.24) is 0 Å². The molecular formula is C75H52O48. The van der Waals surface area contributed by atoms with Crippen LogP contribution in [0.2, 0.25) is 0 Å². The van der Waals surface area contributed by atoms with Crippen LogP contribution in [0.4, 0.5) is 0 Å². The highest BCUT2D eigenvalue weighted by Gasteiger charge is 2.58. The minimum atomic E-state index is -2.82. The van der Waals surface area contributed by atoms with Gasteiger partial charge in [-0.3, -0.25) is 0 Å². The van der Waals surface area contributed by atoms with E-state index in [1.807, 2.05) is 0 Å². The van der Waals surface area contributed by atoms with Gasteiger partial charge in [-0.15, -0.1) is 0 Å². The topological polar surface area (TPSA) is 811 Å². The lowest BCUT2D eigenvalue weighted by Crippen LogP contribution is -2.63. The molecule has 0 radical (unpaired) electrons. The lowest BCUT2D eigenvalue weighted by molar-refractivity contribution is -0.284. The van der Waals surface area contributed by atoms with E-state index in [1.165, 1.54) is 0 Å². The normalized spacial score (nSPS) is 20.3. The van der Waals surface area contributed by atoms with E-state index in [9.17, 15) is 167 Å². The Bertz CT molecular complexity index is 6140. The van der Waals surface area contributed by atoms with E-state index in [1.54, 1.807) is 0 Å². The molecule has 27 N–H and O–H groups in total. The summed E-state index contributed by atoms with van der Waals surface area (Å²) < 4.78 is 67.8. The number of phenols is 26. The van der Waals surface area contributed by atoms with Crippen LogP contribution in [-0.4, -0.2) is 266 Å². The van der Waals surface area contributed by atoms with E-state index in [0.29, 0.717) is 48.5 Å². The molecule has 2 saturated heterocycles. The molecule has 48 nitrogen and oxygen atoms in total. The summed E-state index contributed by atoms with van der Waals surface area (Å²) in [5.41, 5.74) is -18.9. The number of carbonyl (C=O) groups is 9. The van der Waals surface area contributed by atoms with E-state index >= 15 is 14.4 Å². The highest BCUT2D eigenvalue weighted by molar-refractivity contribution is 6.12. The summed E-state index contributed by atoms with van der Waals surface area (Å²) in [6.07, 6.45) is -27.2. The molecule has 5 heterocycles. The summed E-state index contributed by atoms with van der Waals surface area (Å²) in [4.78, 5) is 133. The Morgan fingerprint density at radius 2 is 0.650 bits per heavy atom. The molecule has 9 aromatic rings. The molecule has 5 aliphatic heterocycles. The van der Waals surface area contributed by atoms with Gasteiger partial charge in [-0.1, -0.05) is 0 Å². The number of aliphatic hydroxyl groups is 1. The Morgan fingerprint density at radius 1 is 0.317 bits per heavy atom. The van der Waals surface area contributed by atoms with Crippen LogP contribution in [0.3, 0.4) is 0 Å². The predicted molar refractivity (Wildman–Crippen MR) is 379 cm³/mol. The minimum Gasteiger partial charge on any atom is -0.504 e. The summed E-state index contributed by atoms with van der Waals surface area (Å²) in [6, 6.07) is 3.69. The third-order valence-corrected chi connectivity index (χ3v) is 19.5. The number of phenolic OH excluding ortho intramolecular Hbond substituents is 26. The van der Waals surface area contributed by atoms with Crippen molar-refractivity contribution in [3.05, 3.63) is 117 Å². The van der Waals surface area contributed by atoms with Crippen molar-refractivity contribution in [3.8, 4) is 194 Å². The zero-order chi connectivity index (χ0) is 89.5. The molecule has 0 saturated carbocycles. The average Bonchev–Trinajstić information content (AvgIpc) is 1.37. The first kappa shape index (κ1) is 82.2. The van der Waals surface area contributed by atoms with Gasteiger partial charge in [0.1, 0.15) is 31.0 Å². The third-order valence-electron chi connectivity index (χ3n) is 19.5. The Labute approximate surface area is 675 Å². The third kappa shape index (κ3) is 13.6. The first-order valence-corrected chi connectivity index (χ1v) is 34.2. The molecule has 5 aliphatic rings. The summed E-state index contributed by atoms with van der Waals surface area (Å²) >= 11 is 0. The van der Waals surface area contributed by atoms with Gasteiger partial charge in [-0.2, -0.15) is 0 Å². The number of carbonyl (C=O) groups excluding carboxylic acids is 9.